The Hall–Kier alpha value is -2.41. The molecule has 0 amide bonds. The summed E-state index contributed by atoms with van der Waals surface area (Å²) in [5, 5.41) is 15.9. The Bertz CT molecular complexity index is 1400. The van der Waals surface area contributed by atoms with Gasteiger partial charge in [-0.3, -0.25) is 10.1 Å². The van der Waals surface area contributed by atoms with Crippen molar-refractivity contribution < 1.29 is 13.3 Å². The molecule has 3 aromatic rings. The highest BCUT2D eigenvalue weighted by Gasteiger charge is 2.32. The second kappa shape index (κ2) is 11.3. The Morgan fingerprint density at radius 3 is 2.33 bits per heavy atom. The van der Waals surface area contributed by atoms with Gasteiger partial charge >= 0.3 is 0 Å². The van der Waals surface area contributed by atoms with Crippen LogP contribution in [0.15, 0.2) is 81.4 Å². The van der Waals surface area contributed by atoms with E-state index >= 15 is 0 Å². The average molecular weight is 584 g/mol. The molecule has 0 radical (unpaired) electrons. The molecule has 36 heavy (non-hydrogen) atoms. The van der Waals surface area contributed by atoms with E-state index < -0.39 is 14.9 Å². The van der Waals surface area contributed by atoms with Gasteiger partial charge in [-0.05, 0) is 48.6 Å². The van der Waals surface area contributed by atoms with Crippen molar-refractivity contribution in [3.8, 4) is 0 Å². The first-order chi connectivity index (χ1) is 17.1. The summed E-state index contributed by atoms with van der Waals surface area (Å²) in [6, 6.07) is 18.1. The quantitative estimate of drug-likeness (QED) is 0.223. The number of non-ortho nitro benzene ring substituents is 1. The van der Waals surface area contributed by atoms with E-state index in [0.29, 0.717) is 38.0 Å². The number of thiocarbonyl (C=S) groups is 1. The number of hydrogen-bond acceptors (Lipinski definition) is 6. The zero-order chi connectivity index (χ0) is 25.9. The maximum absolute atomic E-state index is 13.7. The standard InChI is InChI=1S/C23H20Cl2N4O4S3/c24-16-6-8-19(25)21(14-16)35-20-9-7-18(29(30)31)15-22(20)36(32,33)28-12-10-27(11-13-28)23(34)26-17-4-2-1-3-5-17/h1-9,14-15H,10-13H2,(H,26,34). The third-order valence-electron chi connectivity index (χ3n) is 5.42. The first-order valence-electron chi connectivity index (χ1n) is 10.7. The molecule has 0 atom stereocenters. The van der Waals surface area contributed by atoms with Crippen molar-refractivity contribution in [3.05, 3.63) is 86.9 Å². The fraction of sp³-hybridized carbons (Fsp3) is 0.174. The van der Waals surface area contributed by atoms with Crippen LogP contribution in [-0.4, -0.2) is 53.8 Å². The molecule has 1 aliphatic rings. The number of nitro benzene ring substituents is 1. The van der Waals surface area contributed by atoms with Gasteiger partial charge in [0, 0.05) is 58.8 Å². The van der Waals surface area contributed by atoms with Crippen LogP contribution in [0.1, 0.15) is 0 Å². The fourth-order valence-corrected chi connectivity index (χ4v) is 7.17. The number of sulfonamides is 1. The number of nitrogens with zero attached hydrogens (tertiary/aromatic N) is 3. The van der Waals surface area contributed by atoms with Crippen LogP contribution >= 0.6 is 47.2 Å². The minimum absolute atomic E-state index is 0.156. The van der Waals surface area contributed by atoms with Crippen LogP contribution in [0.4, 0.5) is 11.4 Å². The van der Waals surface area contributed by atoms with E-state index in [1.807, 2.05) is 35.2 Å². The summed E-state index contributed by atoms with van der Waals surface area (Å²) in [7, 11) is -4.06. The van der Waals surface area contributed by atoms with Crippen LogP contribution in [0.5, 0.6) is 0 Å². The van der Waals surface area contributed by atoms with E-state index in [2.05, 4.69) is 5.32 Å². The number of hydrogen-bond donors (Lipinski definition) is 1. The van der Waals surface area contributed by atoms with Crippen LogP contribution < -0.4 is 5.32 Å². The van der Waals surface area contributed by atoms with Crippen molar-refractivity contribution >= 4 is 73.7 Å². The molecule has 1 saturated heterocycles. The number of halogens is 2. The molecule has 0 unspecified atom stereocenters. The molecule has 0 aliphatic carbocycles. The van der Waals surface area contributed by atoms with Crippen LogP contribution in [0.3, 0.4) is 0 Å². The molecule has 1 N–H and O–H groups in total. The number of benzene rings is 3. The lowest BCUT2D eigenvalue weighted by Gasteiger charge is -2.35. The average Bonchev–Trinajstić information content (AvgIpc) is 2.87. The van der Waals surface area contributed by atoms with Gasteiger partial charge in [0.1, 0.15) is 4.90 Å². The highest BCUT2D eigenvalue weighted by molar-refractivity contribution is 8.00. The van der Waals surface area contributed by atoms with Crippen molar-refractivity contribution in [1.29, 1.82) is 0 Å². The predicted molar refractivity (Wildman–Crippen MR) is 147 cm³/mol. The molecule has 188 valence electrons. The second-order valence-corrected chi connectivity index (χ2v) is 12.0. The number of anilines is 1. The lowest BCUT2D eigenvalue weighted by molar-refractivity contribution is -0.385. The van der Waals surface area contributed by atoms with Gasteiger partial charge in [-0.25, -0.2) is 8.42 Å². The Kier molecular flexibility index (Phi) is 8.38. The topological polar surface area (TPSA) is 95.8 Å². The maximum Gasteiger partial charge on any atom is 0.270 e. The molecule has 0 spiro atoms. The van der Waals surface area contributed by atoms with E-state index in [4.69, 9.17) is 35.4 Å². The monoisotopic (exact) mass is 582 g/mol. The van der Waals surface area contributed by atoms with E-state index in [-0.39, 0.29) is 23.7 Å². The number of nitrogens with one attached hydrogen (secondary N) is 1. The molecular weight excluding hydrogens is 563 g/mol. The van der Waals surface area contributed by atoms with Crippen molar-refractivity contribution in [2.75, 3.05) is 31.5 Å². The van der Waals surface area contributed by atoms with Crippen molar-refractivity contribution in [2.45, 2.75) is 14.7 Å². The molecule has 0 aromatic heterocycles. The van der Waals surface area contributed by atoms with E-state index in [0.717, 1.165) is 23.5 Å². The lowest BCUT2D eigenvalue weighted by Crippen LogP contribution is -2.51. The van der Waals surface area contributed by atoms with Gasteiger partial charge < -0.3 is 10.2 Å². The van der Waals surface area contributed by atoms with Crippen LogP contribution in [0, 0.1) is 10.1 Å². The summed E-state index contributed by atoms with van der Waals surface area (Å²) in [4.78, 5) is 13.4. The number of nitro groups is 1. The summed E-state index contributed by atoms with van der Waals surface area (Å²) < 4.78 is 28.6. The third kappa shape index (κ3) is 6.10. The zero-order valence-electron chi connectivity index (χ0n) is 18.6. The first-order valence-corrected chi connectivity index (χ1v) is 14.1. The summed E-state index contributed by atoms with van der Waals surface area (Å²) in [6.45, 7) is 1.08. The highest BCUT2D eigenvalue weighted by Crippen LogP contribution is 2.40. The van der Waals surface area contributed by atoms with E-state index in [1.54, 1.807) is 18.2 Å². The van der Waals surface area contributed by atoms with Crippen molar-refractivity contribution in [2.24, 2.45) is 0 Å². The summed E-state index contributed by atoms with van der Waals surface area (Å²) >= 11 is 18.9. The van der Waals surface area contributed by atoms with Crippen LogP contribution in [-0.2, 0) is 10.0 Å². The van der Waals surface area contributed by atoms with Crippen LogP contribution in [0.2, 0.25) is 10.0 Å². The van der Waals surface area contributed by atoms with E-state index in [9.17, 15) is 18.5 Å². The minimum Gasteiger partial charge on any atom is -0.346 e. The Labute approximate surface area is 228 Å². The molecule has 13 heteroatoms. The maximum atomic E-state index is 13.7. The summed E-state index contributed by atoms with van der Waals surface area (Å²) in [5.41, 5.74) is 0.525. The second-order valence-electron chi connectivity index (χ2n) is 7.75. The van der Waals surface area contributed by atoms with E-state index in [1.165, 1.54) is 16.4 Å². The molecular formula is C23H20Cl2N4O4S3. The fourth-order valence-electron chi connectivity index (χ4n) is 3.56. The number of rotatable bonds is 6. The summed E-state index contributed by atoms with van der Waals surface area (Å²) in [6.07, 6.45) is 0. The van der Waals surface area contributed by atoms with Gasteiger partial charge in [0.25, 0.3) is 5.69 Å². The van der Waals surface area contributed by atoms with Gasteiger partial charge in [-0.2, -0.15) is 4.31 Å². The lowest BCUT2D eigenvalue weighted by atomic mass is 10.3. The molecule has 0 saturated carbocycles. The van der Waals surface area contributed by atoms with Gasteiger partial charge in [0.2, 0.25) is 10.0 Å². The molecule has 1 fully saturated rings. The smallest absolute Gasteiger partial charge is 0.270 e. The summed E-state index contributed by atoms with van der Waals surface area (Å²) in [5.74, 6) is 0. The molecule has 0 bridgehead atoms. The largest absolute Gasteiger partial charge is 0.346 e. The molecule has 1 aliphatic heterocycles. The van der Waals surface area contributed by atoms with Gasteiger partial charge in [0.05, 0.1) is 9.95 Å². The zero-order valence-corrected chi connectivity index (χ0v) is 22.6. The normalized spacial score (nSPS) is 14.4. The first kappa shape index (κ1) is 26.6. The molecule has 8 nitrogen and oxygen atoms in total. The molecule has 3 aromatic carbocycles. The number of piperazine rings is 1. The number of para-hydroxylation sites is 1. The van der Waals surface area contributed by atoms with Crippen LogP contribution in [0.25, 0.3) is 0 Å². The highest BCUT2D eigenvalue weighted by atomic mass is 35.5. The SMILES string of the molecule is O=[N+]([O-])c1ccc(Sc2cc(Cl)ccc2Cl)c(S(=O)(=O)N2CCN(C(=S)Nc3ccccc3)CC2)c1. The predicted octanol–water partition coefficient (Wildman–Crippen LogP) is 5.76. The van der Waals surface area contributed by atoms with Gasteiger partial charge in [-0.1, -0.05) is 53.2 Å². The van der Waals surface area contributed by atoms with Gasteiger partial charge in [-0.15, -0.1) is 0 Å². The Morgan fingerprint density at radius 2 is 1.67 bits per heavy atom. The Balaban J connectivity index is 1.56. The molecule has 1 heterocycles. The van der Waals surface area contributed by atoms with Crippen molar-refractivity contribution in [3.63, 3.8) is 0 Å². The van der Waals surface area contributed by atoms with Crippen molar-refractivity contribution in [1.82, 2.24) is 9.21 Å². The third-order valence-corrected chi connectivity index (χ3v) is 9.66. The minimum atomic E-state index is -4.06. The molecule has 4 rings (SSSR count). The Morgan fingerprint density at radius 1 is 0.972 bits per heavy atom. The van der Waals surface area contributed by atoms with Gasteiger partial charge in [0.15, 0.2) is 5.11 Å².